The summed E-state index contributed by atoms with van der Waals surface area (Å²) < 4.78 is 38.9. The van der Waals surface area contributed by atoms with Crippen LogP contribution in [0, 0.1) is 6.92 Å². The van der Waals surface area contributed by atoms with Crippen LogP contribution in [0.1, 0.15) is 21.7 Å². The lowest BCUT2D eigenvalue weighted by atomic mass is 9.99. The molecule has 1 aromatic carbocycles. The zero-order valence-corrected chi connectivity index (χ0v) is 9.90. The third-order valence-corrected chi connectivity index (χ3v) is 2.58. The van der Waals surface area contributed by atoms with Crippen molar-refractivity contribution in [1.82, 2.24) is 9.97 Å². The van der Waals surface area contributed by atoms with E-state index in [1.165, 1.54) is 24.5 Å². The minimum Gasteiger partial charge on any atom is -0.298 e. The number of halogens is 3. The average molecular weight is 266 g/mol. The van der Waals surface area contributed by atoms with Gasteiger partial charge in [-0.1, -0.05) is 12.1 Å². The molecular weight excluding hydrogens is 257 g/mol. The minimum absolute atomic E-state index is 0.0240. The maximum absolute atomic E-state index is 13.0. The van der Waals surface area contributed by atoms with E-state index in [2.05, 4.69) is 9.97 Å². The van der Waals surface area contributed by atoms with Gasteiger partial charge in [-0.25, -0.2) is 9.97 Å². The van der Waals surface area contributed by atoms with Gasteiger partial charge in [0.2, 0.25) is 0 Å². The Kier molecular flexibility index (Phi) is 3.33. The van der Waals surface area contributed by atoms with Gasteiger partial charge in [-0.05, 0) is 18.6 Å². The van der Waals surface area contributed by atoms with E-state index in [-0.39, 0.29) is 16.7 Å². The third kappa shape index (κ3) is 2.78. The molecule has 1 aromatic heterocycles. The number of aryl methyl sites for hydroxylation is 1. The number of nitrogens with zero attached hydrogens (tertiary/aromatic N) is 2. The van der Waals surface area contributed by atoms with E-state index >= 15 is 0 Å². The molecule has 3 nitrogen and oxygen atoms in total. The summed E-state index contributed by atoms with van der Waals surface area (Å²) in [6, 6.07) is 3.40. The SMILES string of the molecule is Cc1ncc(-c2ccc(C=O)cc2C(F)(F)F)cn1. The first-order valence-electron chi connectivity index (χ1n) is 5.37. The van der Waals surface area contributed by atoms with Gasteiger partial charge in [0, 0.05) is 23.5 Å². The lowest BCUT2D eigenvalue weighted by molar-refractivity contribution is -0.137. The monoisotopic (exact) mass is 266 g/mol. The molecule has 0 radical (unpaired) electrons. The highest BCUT2D eigenvalue weighted by Gasteiger charge is 2.34. The Morgan fingerprint density at radius 2 is 1.79 bits per heavy atom. The first kappa shape index (κ1) is 13.2. The van der Waals surface area contributed by atoms with E-state index in [0.29, 0.717) is 12.1 Å². The van der Waals surface area contributed by atoms with Crippen LogP contribution in [0.3, 0.4) is 0 Å². The molecule has 0 spiro atoms. The second-order valence-electron chi connectivity index (χ2n) is 3.94. The first-order valence-corrected chi connectivity index (χ1v) is 5.37. The van der Waals surface area contributed by atoms with Crippen molar-refractivity contribution in [3.63, 3.8) is 0 Å². The normalized spacial score (nSPS) is 11.4. The van der Waals surface area contributed by atoms with Crippen LogP contribution in [0.15, 0.2) is 30.6 Å². The van der Waals surface area contributed by atoms with Gasteiger partial charge >= 0.3 is 6.18 Å². The van der Waals surface area contributed by atoms with Crippen molar-refractivity contribution in [2.75, 3.05) is 0 Å². The fourth-order valence-electron chi connectivity index (χ4n) is 1.65. The standard InChI is InChI=1S/C13H9F3N2O/c1-8-17-5-10(6-18-8)11-3-2-9(7-19)4-12(11)13(14,15)16/h2-7H,1H3. The van der Waals surface area contributed by atoms with Gasteiger partial charge in [-0.2, -0.15) is 13.2 Å². The van der Waals surface area contributed by atoms with Crippen molar-refractivity contribution in [2.45, 2.75) is 13.1 Å². The Balaban J connectivity index is 2.62. The summed E-state index contributed by atoms with van der Waals surface area (Å²) in [7, 11) is 0. The van der Waals surface area contributed by atoms with Crippen molar-refractivity contribution in [2.24, 2.45) is 0 Å². The zero-order valence-electron chi connectivity index (χ0n) is 9.90. The molecule has 0 N–H and O–H groups in total. The third-order valence-electron chi connectivity index (χ3n) is 2.58. The molecule has 0 unspecified atom stereocenters. The molecular formula is C13H9F3N2O. The number of carbonyl (C=O) groups is 1. The molecule has 0 aliphatic rings. The maximum Gasteiger partial charge on any atom is 0.417 e. The molecule has 6 heteroatoms. The zero-order chi connectivity index (χ0) is 14.0. The van der Waals surface area contributed by atoms with E-state index in [1.54, 1.807) is 6.92 Å². The van der Waals surface area contributed by atoms with Crippen LogP contribution < -0.4 is 0 Å². The number of alkyl halides is 3. The van der Waals surface area contributed by atoms with E-state index in [4.69, 9.17) is 0 Å². The largest absolute Gasteiger partial charge is 0.417 e. The average Bonchev–Trinajstić information content (AvgIpc) is 2.38. The molecule has 0 aliphatic heterocycles. The van der Waals surface area contributed by atoms with Gasteiger partial charge in [0.05, 0.1) is 5.56 Å². The first-order chi connectivity index (χ1) is 8.91. The number of benzene rings is 1. The Bertz CT molecular complexity index is 606. The van der Waals surface area contributed by atoms with Crippen LogP contribution in [0.2, 0.25) is 0 Å². The topological polar surface area (TPSA) is 42.9 Å². The van der Waals surface area contributed by atoms with Crippen molar-refractivity contribution >= 4 is 6.29 Å². The van der Waals surface area contributed by atoms with E-state index in [0.717, 1.165) is 6.07 Å². The van der Waals surface area contributed by atoms with Crippen molar-refractivity contribution in [1.29, 1.82) is 0 Å². The Morgan fingerprint density at radius 1 is 1.16 bits per heavy atom. The molecule has 0 saturated heterocycles. The van der Waals surface area contributed by atoms with Gasteiger partial charge < -0.3 is 0 Å². The lowest BCUT2D eigenvalue weighted by Crippen LogP contribution is -2.08. The highest BCUT2D eigenvalue weighted by atomic mass is 19.4. The van der Waals surface area contributed by atoms with Crippen molar-refractivity contribution < 1.29 is 18.0 Å². The highest BCUT2D eigenvalue weighted by molar-refractivity contribution is 5.78. The molecule has 19 heavy (non-hydrogen) atoms. The van der Waals surface area contributed by atoms with Crippen LogP contribution in [-0.4, -0.2) is 16.3 Å². The smallest absolute Gasteiger partial charge is 0.298 e. The molecule has 0 aliphatic carbocycles. The number of hydrogen-bond donors (Lipinski definition) is 0. The Labute approximate surface area is 107 Å². The fraction of sp³-hybridized carbons (Fsp3) is 0.154. The molecule has 0 atom stereocenters. The number of aromatic nitrogens is 2. The summed E-state index contributed by atoms with van der Waals surface area (Å²) in [5, 5.41) is 0. The number of carbonyl (C=O) groups excluding carboxylic acids is 1. The quantitative estimate of drug-likeness (QED) is 0.783. The van der Waals surface area contributed by atoms with Gasteiger partial charge in [-0.3, -0.25) is 4.79 Å². The van der Waals surface area contributed by atoms with Crippen LogP contribution in [0.5, 0.6) is 0 Å². The molecule has 0 saturated carbocycles. The fourth-order valence-corrected chi connectivity index (χ4v) is 1.65. The molecule has 1 heterocycles. The second-order valence-corrected chi connectivity index (χ2v) is 3.94. The molecule has 0 fully saturated rings. The highest BCUT2D eigenvalue weighted by Crippen LogP contribution is 2.37. The summed E-state index contributed by atoms with van der Waals surface area (Å²) in [4.78, 5) is 18.3. The number of hydrogen-bond acceptors (Lipinski definition) is 3. The predicted octanol–water partition coefficient (Wildman–Crippen LogP) is 3.28. The summed E-state index contributed by atoms with van der Waals surface area (Å²) in [5.41, 5.74) is -0.679. The van der Waals surface area contributed by atoms with Gasteiger partial charge in [0.25, 0.3) is 0 Å². The van der Waals surface area contributed by atoms with Crippen LogP contribution >= 0.6 is 0 Å². The second kappa shape index (κ2) is 4.79. The molecule has 0 bridgehead atoms. The van der Waals surface area contributed by atoms with Gasteiger partial charge in [-0.15, -0.1) is 0 Å². The summed E-state index contributed by atoms with van der Waals surface area (Å²) >= 11 is 0. The van der Waals surface area contributed by atoms with E-state index in [9.17, 15) is 18.0 Å². The Hall–Kier alpha value is -2.24. The summed E-state index contributed by atoms with van der Waals surface area (Å²) in [5.74, 6) is 0.474. The van der Waals surface area contributed by atoms with Crippen LogP contribution in [-0.2, 0) is 6.18 Å². The van der Waals surface area contributed by atoms with Crippen LogP contribution in [0.25, 0.3) is 11.1 Å². The molecule has 2 aromatic rings. The molecule has 2 rings (SSSR count). The van der Waals surface area contributed by atoms with Crippen molar-refractivity contribution in [3.8, 4) is 11.1 Å². The Morgan fingerprint density at radius 3 is 2.32 bits per heavy atom. The lowest BCUT2D eigenvalue weighted by Gasteiger charge is -2.13. The molecule has 98 valence electrons. The number of aldehydes is 1. The van der Waals surface area contributed by atoms with E-state index < -0.39 is 11.7 Å². The predicted molar refractivity (Wildman–Crippen MR) is 62.6 cm³/mol. The molecule has 0 amide bonds. The summed E-state index contributed by atoms with van der Waals surface area (Å²) in [6.07, 6.45) is -1.51. The van der Waals surface area contributed by atoms with Crippen molar-refractivity contribution in [3.05, 3.63) is 47.5 Å². The summed E-state index contributed by atoms with van der Waals surface area (Å²) in [6.45, 7) is 1.64. The van der Waals surface area contributed by atoms with Gasteiger partial charge in [0.1, 0.15) is 12.1 Å². The van der Waals surface area contributed by atoms with Crippen LogP contribution in [0.4, 0.5) is 13.2 Å². The van der Waals surface area contributed by atoms with E-state index in [1.807, 2.05) is 0 Å². The maximum atomic E-state index is 13.0. The number of rotatable bonds is 2. The van der Waals surface area contributed by atoms with Gasteiger partial charge in [0.15, 0.2) is 0 Å². The minimum atomic E-state index is -4.54.